The van der Waals surface area contributed by atoms with Gasteiger partial charge in [-0.05, 0) is 30.7 Å². The highest BCUT2D eigenvalue weighted by Gasteiger charge is 2.13. The van der Waals surface area contributed by atoms with Crippen molar-refractivity contribution in [3.05, 3.63) is 41.9 Å². The van der Waals surface area contributed by atoms with Crippen molar-refractivity contribution >= 4 is 40.3 Å². The topological polar surface area (TPSA) is 133 Å². The number of unbranched alkanes of at least 4 members (excludes halogenated alkanes) is 1. The zero-order valence-corrected chi connectivity index (χ0v) is 14.5. The number of fused-ring (bicyclic) bond motifs is 1. The molecular weight excluding hydrogens is 330 g/mol. The lowest BCUT2D eigenvalue weighted by atomic mass is 10.1. The van der Waals surface area contributed by atoms with Crippen molar-refractivity contribution in [2.24, 2.45) is 0 Å². The molecule has 2 heterocycles. The van der Waals surface area contributed by atoms with Crippen LogP contribution in [0.25, 0.3) is 11.0 Å². The van der Waals surface area contributed by atoms with E-state index in [1.54, 1.807) is 24.3 Å². The number of aromatic amines is 1. The van der Waals surface area contributed by atoms with Crippen LogP contribution >= 0.6 is 0 Å². The van der Waals surface area contributed by atoms with Crippen LogP contribution in [-0.2, 0) is 0 Å². The molecule has 134 valence electrons. The molecule has 6 N–H and O–H groups in total. The van der Waals surface area contributed by atoms with Gasteiger partial charge in [-0.3, -0.25) is 4.79 Å². The molecule has 1 amide bonds. The average Bonchev–Trinajstić information content (AvgIpc) is 3.09. The van der Waals surface area contributed by atoms with Gasteiger partial charge in [-0.15, -0.1) is 0 Å². The fourth-order valence-electron chi connectivity index (χ4n) is 2.55. The first-order chi connectivity index (χ1) is 12.6. The maximum Gasteiger partial charge on any atom is 0.267 e. The number of benzene rings is 1. The number of aromatic nitrogens is 3. The molecule has 0 bridgehead atoms. The van der Waals surface area contributed by atoms with E-state index in [0.29, 0.717) is 40.3 Å². The SMILES string of the molecule is CCCCNC(=O)c1cc2c(Nc3ccc(N)c(C=N)c3)ncnc2[nH]1. The normalized spacial score (nSPS) is 10.7. The van der Waals surface area contributed by atoms with E-state index in [0.717, 1.165) is 18.5 Å². The highest BCUT2D eigenvalue weighted by atomic mass is 16.1. The van der Waals surface area contributed by atoms with Crippen LogP contribution in [0.3, 0.4) is 0 Å². The molecule has 8 heteroatoms. The molecule has 2 aromatic heterocycles. The number of carbonyl (C=O) groups excluding carboxylic acids is 1. The van der Waals surface area contributed by atoms with Gasteiger partial charge in [0.05, 0.1) is 5.39 Å². The Bertz CT molecular complexity index is 948. The number of anilines is 3. The number of nitrogens with one attached hydrogen (secondary N) is 4. The van der Waals surface area contributed by atoms with Crippen LogP contribution in [0.2, 0.25) is 0 Å². The quantitative estimate of drug-likeness (QED) is 0.254. The van der Waals surface area contributed by atoms with Crippen molar-refractivity contribution < 1.29 is 4.79 Å². The van der Waals surface area contributed by atoms with Crippen molar-refractivity contribution in [1.82, 2.24) is 20.3 Å². The van der Waals surface area contributed by atoms with Crippen molar-refractivity contribution in [3.8, 4) is 0 Å². The van der Waals surface area contributed by atoms with Gasteiger partial charge in [0.2, 0.25) is 0 Å². The number of amides is 1. The molecular formula is C18H21N7O. The van der Waals surface area contributed by atoms with E-state index in [1.165, 1.54) is 12.5 Å². The number of nitrogens with two attached hydrogens (primary N) is 1. The number of hydrogen-bond donors (Lipinski definition) is 5. The Morgan fingerprint density at radius 2 is 2.19 bits per heavy atom. The first-order valence-corrected chi connectivity index (χ1v) is 8.41. The number of H-pyrrole nitrogens is 1. The van der Waals surface area contributed by atoms with Crippen molar-refractivity contribution in [2.45, 2.75) is 19.8 Å². The second-order valence-electron chi connectivity index (χ2n) is 5.89. The summed E-state index contributed by atoms with van der Waals surface area (Å²) in [7, 11) is 0. The lowest BCUT2D eigenvalue weighted by Gasteiger charge is -2.08. The molecule has 0 aliphatic heterocycles. The van der Waals surface area contributed by atoms with Gasteiger partial charge in [0.25, 0.3) is 5.91 Å². The molecule has 8 nitrogen and oxygen atoms in total. The minimum absolute atomic E-state index is 0.166. The molecule has 0 fully saturated rings. The minimum atomic E-state index is -0.166. The number of nitrogen functional groups attached to an aromatic ring is 1. The summed E-state index contributed by atoms with van der Waals surface area (Å²) in [5, 5.41) is 14.2. The van der Waals surface area contributed by atoms with E-state index < -0.39 is 0 Å². The Morgan fingerprint density at radius 1 is 1.35 bits per heavy atom. The Balaban J connectivity index is 1.87. The van der Waals surface area contributed by atoms with Gasteiger partial charge in [-0.2, -0.15) is 0 Å². The molecule has 26 heavy (non-hydrogen) atoms. The number of nitrogens with zero attached hydrogens (tertiary/aromatic N) is 2. The predicted molar refractivity (Wildman–Crippen MR) is 103 cm³/mol. The van der Waals surface area contributed by atoms with Gasteiger partial charge < -0.3 is 26.8 Å². The van der Waals surface area contributed by atoms with Crippen molar-refractivity contribution in [3.63, 3.8) is 0 Å². The molecule has 0 aliphatic rings. The largest absolute Gasteiger partial charge is 0.398 e. The first-order valence-electron chi connectivity index (χ1n) is 8.41. The highest BCUT2D eigenvalue weighted by Crippen LogP contribution is 2.25. The number of rotatable bonds is 7. The molecule has 1 aromatic carbocycles. The molecule has 0 saturated carbocycles. The molecule has 0 saturated heterocycles. The summed E-state index contributed by atoms with van der Waals surface area (Å²) >= 11 is 0. The van der Waals surface area contributed by atoms with Gasteiger partial charge in [0, 0.05) is 29.7 Å². The van der Waals surface area contributed by atoms with E-state index in [-0.39, 0.29) is 5.91 Å². The Hall–Kier alpha value is -3.42. The highest BCUT2D eigenvalue weighted by molar-refractivity contribution is 6.00. The number of hydrogen-bond acceptors (Lipinski definition) is 6. The van der Waals surface area contributed by atoms with Crippen molar-refractivity contribution in [2.75, 3.05) is 17.6 Å². The fourth-order valence-corrected chi connectivity index (χ4v) is 2.55. The van der Waals surface area contributed by atoms with Crippen LogP contribution in [0.5, 0.6) is 0 Å². The summed E-state index contributed by atoms with van der Waals surface area (Å²) in [6.45, 7) is 2.71. The summed E-state index contributed by atoms with van der Waals surface area (Å²) < 4.78 is 0. The molecule has 3 rings (SSSR count). The van der Waals surface area contributed by atoms with Crippen molar-refractivity contribution in [1.29, 1.82) is 5.41 Å². The lowest BCUT2D eigenvalue weighted by molar-refractivity contribution is 0.0949. The van der Waals surface area contributed by atoms with E-state index in [9.17, 15) is 4.79 Å². The van der Waals surface area contributed by atoms with Crippen LogP contribution in [-0.4, -0.2) is 33.6 Å². The van der Waals surface area contributed by atoms with E-state index in [2.05, 4.69) is 32.5 Å². The van der Waals surface area contributed by atoms with E-state index in [4.69, 9.17) is 11.1 Å². The summed E-state index contributed by atoms with van der Waals surface area (Å²) in [6.07, 6.45) is 4.58. The molecule has 0 aliphatic carbocycles. The van der Waals surface area contributed by atoms with E-state index in [1.807, 2.05) is 0 Å². The monoisotopic (exact) mass is 351 g/mol. The van der Waals surface area contributed by atoms with Gasteiger partial charge in [0.15, 0.2) is 0 Å². The maximum absolute atomic E-state index is 12.2. The minimum Gasteiger partial charge on any atom is -0.398 e. The van der Waals surface area contributed by atoms with Crippen LogP contribution < -0.4 is 16.4 Å². The van der Waals surface area contributed by atoms with Crippen LogP contribution in [0.1, 0.15) is 35.8 Å². The molecule has 0 atom stereocenters. The van der Waals surface area contributed by atoms with Gasteiger partial charge >= 0.3 is 0 Å². The standard InChI is InChI=1S/C18H21N7O/c1-2-3-6-21-18(26)15-8-13-16(22-10-23-17(13)25-15)24-12-4-5-14(20)11(7-12)9-19/h4-5,7-10,19H,2-3,6,20H2,1H3,(H,21,26)(H2,22,23,24,25). The second-order valence-corrected chi connectivity index (χ2v) is 5.89. The Kier molecular flexibility index (Phi) is 5.12. The molecule has 0 unspecified atom stereocenters. The Morgan fingerprint density at radius 3 is 2.96 bits per heavy atom. The predicted octanol–water partition coefficient (Wildman–Crippen LogP) is 2.81. The van der Waals surface area contributed by atoms with Crippen LogP contribution in [0.15, 0.2) is 30.6 Å². The molecule has 3 aromatic rings. The zero-order chi connectivity index (χ0) is 18.5. The van der Waals surface area contributed by atoms with Gasteiger partial charge in [-0.25, -0.2) is 9.97 Å². The summed E-state index contributed by atoms with van der Waals surface area (Å²) in [5.74, 6) is 0.403. The summed E-state index contributed by atoms with van der Waals surface area (Å²) in [4.78, 5) is 23.7. The number of carbonyl (C=O) groups is 1. The smallest absolute Gasteiger partial charge is 0.267 e. The third-order valence-electron chi connectivity index (χ3n) is 3.99. The van der Waals surface area contributed by atoms with Crippen LogP contribution in [0, 0.1) is 5.41 Å². The summed E-state index contributed by atoms with van der Waals surface area (Å²) in [5.41, 5.74) is 8.73. The zero-order valence-electron chi connectivity index (χ0n) is 14.5. The first kappa shape index (κ1) is 17.4. The van der Waals surface area contributed by atoms with Crippen LogP contribution in [0.4, 0.5) is 17.2 Å². The average molecular weight is 351 g/mol. The van der Waals surface area contributed by atoms with E-state index >= 15 is 0 Å². The van der Waals surface area contributed by atoms with Gasteiger partial charge in [-0.1, -0.05) is 13.3 Å². The lowest BCUT2D eigenvalue weighted by Crippen LogP contribution is -2.24. The Labute approximate surface area is 150 Å². The fraction of sp³-hybridized carbons (Fsp3) is 0.222. The third kappa shape index (κ3) is 3.64. The molecule has 0 spiro atoms. The summed E-state index contributed by atoms with van der Waals surface area (Å²) in [6, 6.07) is 7.03. The second kappa shape index (κ2) is 7.64. The maximum atomic E-state index is 12.2. The van der Waals surface area contributed by atoms with Gasteiger partial charge in [0.1, 0.15) is 23.5 Å². The molecule has 0 radical (unpaired) electrons. The third-order valence-corrected chi connectivity index (χ3v) is 3.99.